The molecule has 6 heteroatoms. The van der Waals surface area contributed by atoms with Crippen LogP contribution in [0.3, 0.4) is 0 Å². The molecule has 2 amide bonds. The summed E-state index contributed by atoms with van der Waals surface area (Å²) in [6.07, 6.45) is 0.179. The number of carbonyl (C=O) groups excluding carboxylic acids is 1. The minimum atomic E-state index is -0.437. The van der Waals surface area contributed by atoms with E-state index in [0.717, 1.165) is 5.56 Å². The summed E-state index contributed by atoms with van der Waals surface area (Å²) < 4.78 is 18.3. The molecule has 2 unspecified atom stereocenters. The van der Waals surface area contributed by atoms with E-state index in [1.807, 2.05) is 20.8 Å². The summed E-state index contributed by atoms with van der Waals surface area (Å²) >= 11 is 0. The molecule has 0 aliphatic carbocycles. The molecular formula is C17H27FN2O3. The van der Waals surface area contributed by atoms with Crippen molar-refractivity contribution in [3.05, 3.63) is 29.6 Å². The highest BCUT2D eigenvalue weighted by Crippen LogP contribution is 2.23. The molecule has 0 aliphatic rings. The number of nitrogens with one attached hydrogen (secondary N) is 2. The third kappa shape index (κ3) is 6.44. The Morgan fingerprint density at radius 1 is 1.39 bits per heavy atom. The van der Waals surface area contributed by atoms with E-state index in [1.54, 1.807) is 19.1 Å². The number of carbonyl (C=O) groups is 1. The van der Waals surface area contributed by atoms with Crippen LogP contribution in [0.25, 0.3) is 0 Å². The minimum absolute atomic E-state index is 0.148. The number of aliphatic hydroxyl groups excluding tert-OH is 1. The number of hydrogen-bond donors (Lipinski definition) is 3. The topological polar surface area (TPSA) is 70.6 Å². The third-order valence-electron chi connectivity index (χ3n) is 3.60. The molecule has 0 saturated carbocycles. The molecular weight excluding hydrogens is 299 g/mol. The first-order valence-corrected chi connectivity index (χ1v) is 7.70. The first-order valence-electron chi connectivity index (χ1n) is 7.70. The Hall–Kier alpha value is -1.82. The molecule has 3 N–H and O–H groups in total. The van der Waals surface area contributed by atoms with Gasteiger partial charge in [-0.25, -0.2) is 9.18 Å². The molecule has 0 bridgehead atoms. The molecule has 0 aliphatic heterocycles. The number of halogens is 1. The average Bonchev–Trinajstić information content (AvgIpc) is 2.44. The first-order chi connectivity index (χ1) is 10.6. The van der Waals surface area contributed by atoms with E-state index in [2.05, 4.69) is 10.6 Å². The molecule has 0 spiro atoms. The zero-order valence-electron chi connectivity index (χ0n) is 14.4. The van der Waals surface area contributed by atoms with Gasteiger partial charge in [0.1, 0.15) is 0 Å². The second-order valence-electron chi connectivity index (χ2n) is 6.66. The first kappa shape index (κ1) is 19.2. The number of rotatable bonds is 7. The van der Waals surface area contributed by atoms with Gasteiger partial charge in [0.15, 0.2) is 11.6 Å². The van der Waals surface area contributed by atoms with Crippen molar-refractivity contribution < 1.29 is 19.0 Å². The SMILES string of the molecule is COc1cc(C(C)NC(=O)NCC(C)(C)CC(C)O)ccc1F. The van der Waals surface area contributed by atoms with Crippen LogP contribution in [0.2, 0.25) is 0 Å². The fourth-order valence-electron chi connectivity index (χ4n) is 2.47. The zero-order valence-corrected chi connectivity index (χ0v) is 14.4. The number of methoxy groups -OCH3 is 1. The van der Waals surface area contributed by atoms with Gasteiger partial charge in [0.05, 0.1) is 19.3 Å². The standard InChI is InChI=1S/C17H27FN2O3/c1-11(21)9-17(3,4)10-19-16(22)20-12(2)13-6-7-14(18)15(8-13)23-5/h6-8,11-12,21H,9-10H2,1-5H3,(H2,19,20,22). The van der Waals surface area contributed by atoms with Crippen molar-refractivity contribution in [3.63, 3.8) is 0 Å². The molecule has 1 aromatic carbocycles. The fourth-order valence-corrected chi connectivity index (χ4v) is 2.47. The second-order valence-corrected chi connectivity index (χ2v) is 6.66. The summed E-state index contributed by atoms with van der Waals surface area (Å²) in [6.45, 7) is 7.95. The molecule has 130 valence electrons. The summed E-state index contributed by atoms with van der Waals surface area (Å²) in [5.74, 6) is -0.289. The molecule has 23 heavy (non-hydrogen) atoms. The lowest BCUT2D eigenvalue weighted by molar-refractivity contribution is 0.128. The number of ether oxygens (including phenoxy) is 1. The van der Waals surface area contributed by atoms with Crippen LogP contribution in [0.4, 0.5) is 9.18 Å². The Morgan fingerprint density at radius 3 is 2.61 bits per heavy atom. The van der Waals surface area contributed by atoms with Crippen LogP contribution in [-0.4, -0.2) is 30.9 Å². The van der Waals surface area contributed by atoms with Gasteiger partial charge < -0.3 is 20.5 Å². The summed E-state index contributed by atoms with van der Waals surface area (Å²) in [7, 11) is 1.40. The predicted octanol–water partition coefficient (Wildman–Crippen LogP) is 2.99. The van der Waals surface area contributed by atoms with Crippen molar-refractivity contribution >= 4 is 6.03 Å². The van der Waals surface area contributed by atoms with Crippen LogP contribution in [-0.2, 0) is 0 Å². The Morgan fingerprint density at radius 2 is 2.04 bits per heavy atom. The number of benzene rings is 1. The lowest BCUT2D eigenvalue weighted by Gasteiger charge is -2.27. The van der Waals surface area contributed by atoms with E-state index < -0.39 is 11.9 Å². The largest absolute Gasteiger partial charge is 0.494 e. The van der Waals surface area contributed by atoms with Crippen LogP contribution in [0, 0.1) is 11.2 Å². The Kier molecular flexibility index (Phi) is 6.81. The zero-order chi connectivity index (χ0) is 17.6. The summed E-state index contributed by atoms with van der Waals surface area (Å²) in [6, 6.07) is 3.90. The summed E-state index contributed by atoms with van der Waals surface area (Å²) in [5, 5.41) is 15.1. The van der Waals surface area contributed by atoms with Crippen molar-refractivity contribution in [1.82, 2.24) is 10.6 Å². The van der Waals surface area contributed by atoms with Crippen LogP contribution >= 0.6 is 0 Å². The van der Waals surface area contributed by atoms with Crippen LogP contribution in [0.1, 0.15) is 45.7 Å². The highest BCUT2D eigenvalue weighted by molar-refractivity contribution is 5.74. The smallest absolute Gasteiger partial charge is 0.315 e. The molecule has 0 heterocycles. The molecule has 1 rings (SSSR count). The van der Waals surface area contributed by atoms with E-state index in [0.29, 0.717) is 13.0 Å². The molecule has 0 fully saturated rings. The maximum Gasteiger partial charge on any atom is 0.315 e. The lowest BCUT2D eigenvalue weighted by Crippen LogP contribution is -2.42. The van der Waals surface area contributed by atoms with Crippen LogP contribution < -0.4 is 15.4 Å². The van der Waals surface area contributed by atoms with Gasteiger partial charge >= 0.3 is 6.03 Å². The monoisotopic (exact) mass is 326 g/mol. The second kappa shape index (κ2) is 8.15. The number of urea groups is 1. The summed E-state index contributed by atoms with van der Waals surface area (Å²) in [4.78, 5) is 12.0. The normalized spacial score (nSPS) is 14.0. The van der Waals surface area contributed by atoms with Gasteiger partial charge in [0, 0.05) is 6.54 Å². The quantitative estimate of drug-likeness (QED) is 0.721. The Balaban J connectivity index is 2.57. The highest BCUT2D eigenvalue weighted by atomic mass is 19.1. The minimum Gasteiger partial charge on any atom is -0.494 e. The molecule has 5 nitrogen and oxygen atoms in total. The van der Waals surface area contributed by atoms with Crippen molar-refractivity contribution in [2.45, 2.75) is 46.3 Å². The van der Waals surface area contributed by atoms with Crippen molar-refractivity contribution in [2.75, 3.05) is 13.7 Å². The predicted molar refractivity (Wildman–Crippen MR) is 88.0 cm³/mol. The van der Waals surface area contributed by atoms with Gasteiger partial charge in [-0.3, -0.25) is 0 Å². The fraction of sp³-hybridized carbons (Fsp3) is 0.588. The highest BCUT2D eigenvalue weighted by Gasteiger charge is 2.21. The van der Waals surface area contributed by atoms with E-state index >= 15 is 0 Å². The third-order valence-corrected chi connectivity index (χ3v) is 3.60. The van der Waals surface area contributed by atoms with Gasteiger partial charge in [-0.1, -0.05) is 19.9 Å². The lowest BCUT2D eigenvalue weighted by atomic mass is 9.87. The Labute approximate surface area is 137 Å². The number of aliphatic hydroxyl groups is 1. The maximum absolute atomic E-state index is 13.4. The maximum atomic E-state index is 13.4. The molecule has 2 atom stereocenters. The van der Waals surface area contributed by atoms with Gasteiger partial charge in [-0.15, -0.1) is 0 Å². The average molecular weight is 326 g/mol. The van der Waals surface area contributed by atoms with Crippen molar-refractivity contribution in [2.24, 2.45) is 5.41 Å². The van der Waals surface area contributed by atoms with E-state index in [4.69, 9.17) is 4.74 Å². The molecule has 0 radical (unpaired) electrons. The van der Waals surface area contributed by atoms with Crippen molar-refractivity contribution in [1.29, 1.82) is 0 Å². The summed E-state index contributed by atoms with van der Waals surface area (Å²) in [5.41, 5.74) is 0.551. The number of amides is 2. The van der Waals surface area contributed by atoms with Gasteiger partial charge in [-0.05, 0) is 43.4 Å². The Bertz CT molecular complexity index is 533. The van der Waals surface area contributed by atoms with Gasteiger partial charge in [0.25, 0.3) is 0 Å². The number of hydrogen-bond acceptors (Lipinski definition) is 3. The van der Waals surface area contributed by atoms with E-state index in [1.165, 1.54) is 13.2 Å². The van der Waals surface area contributed by atoms with Gasteiger partial charge in [-0.2, -0.15) is 0 Å². The van der Waals surface area contributed by atoms with Crippen LogP contribution in [0.5, 0.6) is 5.75 Å². The van der Waals surface area contributed by atoms with Crippen LogP contribution in [0.15, 0.2) is 18.2 Å². The molecule has 0 saturated heterocycles. The molecule has 0 aromatic heterocycles. The van der Waals surface area contributed by atoms with E-state index in [-0.39, 0.29) is 23.2 Å². The van der Waals surface area contributed by atoms with Crippen molar-refractivity contribution in [3.8, 4) is 5.75 Å². The van der Waals surface area contributed by atoms with Gasteiger partial charge in [0.2, 0.25) is 0 Å². The molecule has 1 aromatic rings. The van der Waals surface area contributed by atoms with E-state index in [9.17, 15) is 14.3 Å².